The van der Waals surface area contributed by atoms with Gasteiger partial charge in [-0.25, -0.2) is 10.2 Å². The minimum absolute atomic E-state index is 0.0871. The van der Waals surface area contributed by atoms with Crippen LogP contribution in [0.4, 0.5) is 5.82 Å². The van der Waals surface area contributed by atoms with Crippen molar-refractivity contribution in [2.75, 3.05) is 18.5 Å². The molecule has 10 heteroatoms. The fraction of sp³-hybridized carbons (Fsp3) is 0.333. The van der Waals surface area contributed by atoms with E-state index in [-0.39, 0.29) is 18.9 Å². The molecule has 0 saturated carbocycles. The van der Waals surface area contributed by atoms with Crippen molar-refractivity contribution in [1.29, 1.82) is 0 Å². The van der Waals surface area contributed by atoms with Gasteiger partial charge in [0.25, 0.3) is 0 Å². The van der Waals surface area contributed by atoms with Crippen LogP contribution in [0.1, 0.15) is 30.4 Å². The normalized spacial score (nSPS) is 15.7. The number of hydrogen-bond donors (Lipinski definition) is 2. The van der Waals surface area contributed by atoms with Crippen molar-refractivity contribution in [2.24, 2.45) is 12.2 Å². The van der Waals surface area contributed by atoms with E-state index < -0.39 is 5.79 Å². The second kappa shape index (κ2) is 9.11. The molecular weight excluding hydrogens is 400 g/mol. The van der Waals surface area contributed by atoms with Crippen LogP contribution in [0.2, 0.25) is 0 Å². The third kappa shape index (κ3) is 5.16. The number of rotatable bonds is 8. The molecule has 31 heavy (non-hydrogen) atoms. The number of nitrogens with zero attached hydrogens (tertiary/aromatic N) is 4. The number of benzene rings is 1. The number of ether oxygens (including phenoxy) is 2. The number of amides is 1. The van der Waals surface area contributed by atoms with Gasteiger partial charge in [-0.15, -0.1) is 5.10 Å². The first-order valence-corrected chi connectivity index (χ1v) is 9.89. The number of carbonyl (C=O) groups is 1. The van der Waals surface area contributed by atoms with Gasteiger partial charge in [0.05, 0.1) is 25.3 Å². The standard InChI is InChI=1S/C21H24N6O4/c1-21(29-11-12-30-21)13-18(28)23-17-10-6-9-16(22-17)14-31-25-19(20-24-26-27(20)2)15-7-4-3-5-8-15/h3-10,26H,11-14H2,1-2H3,(H,22,23,28)/b25-19-. The molecule has 1 fully saturated rings. The Bertz CT molecular complexity index is 1050. The van der Waals surface area contributed by atoms with Crippen molar-refractivity contribution >= 4 is 17.4 Å². The van der Waals surface area contributed by atoms with Gasteiger partial charge in [-0.1, -0.05) is 41.6 Å². The van der Waals surface area contributed by atoms with E-state index in [4.69, 9.17) is 14.3 Å². The van der Waals surface area contributed by atoms with E-state index in [9.17, 15) is 4.79 Å². The summed E-state index contributed by atoms with van der Waals surface area (Å²) in [6.07, 6.45) is 0.0871. The Labute approximate surface area is 179 Å². The highest BCUT2D eigenvalue weighted by molar-refractivity contribution is 6.10. The predicted octanol–water partition coefficient (Wildman–Crippen LogP) is 2.20. The third-order valence-corrected chi connectivity index (χ3v) is 4.70. The molecule has 162 valence electrons. The van der Waals surface area contributed by atoms with E-state index in [0.717, 1.165) is 5.56 Å². The van der Waals surface area contributed by atoms with Crippen LogP contribution in [-0.2, 0) is 32.8 Å². The maximum absolute atomic E-state index is 12.3. The van der Waals surface area contributed by atoms with Crippen molar-refractivity contribution in [3.63, 3.8) is 0 Å². The average molecular weight is 424 g/mol. The zero-order valence-electron chi connectivity index (χ0n) is 17.4. The van der Waals surface area contributed by atoms with Gasteiger partial charge in [-0.2, -0.15) is 0 Å². The molecule has 2 N–H and O–H groups in total. The predicted molar refractivity (Wildman–Crippen MR) is 112 cm³/mol. The summed E-state index contributed by atoms with van der Waals surface area (Å²) < 4.78 is 12.7. The van der Waals surface area contributed by atoms with E-state index in [1.807, 2.05) is 37.4 Å². The number of aromatic amines is 1. The van der Waals surface area contributed by atoms with Gasteiger partial charge >= 0.3 is 0 Å². The number of aromatic nitrogens is 4. The number of hydrogen-bond acceptors (Lipinski definition) is 7. The molecular formula is C21H24N6O4. The molecule has 0 aliphatic carbocycles. The molecule has 0 atom stereocenters. The average Bonchev–Trinajstić information content (AvgIpc) is 3.18. The summed E-state index contributed by atoms with van der Waals surface area (Å²) in [6.45, 7) is 2.85. The first kappa shape index (κ1) is 20.8. The highest BCUT2D eigenvalue weighted by Crippen LogP contribution is 2.23. The number of nitrogens with one attached hydrogen (secondary N) is 2. The van der Waals surface area contributed by atoms with Crippen LogP contribution < -0.4 is 5.32 Å². The molecule has 1 aliphatic rings. The molecule has 0 unspecified atom stereocenters. The van der Waals surface area contributed by atoms with Gasteiger partial charge in [0.2, 0.25) is 5.91 Å². The molecule has 1 amide bonds. The van der Waals surface area contributed by atoms with Crippen LogP contribution >= 0.6 is 0 Å². The Balaban J connectivity index is 1.39. The Kier molecular flexibility index (Phi) is 6.10. The van der Waals surface area contributed by atoms with Crippen molar-refractivity contribution in [1.82, 2.24) is 20.0 Å². The molecule has 0 radical (unpaired) electrons. The zero-order valence-corrected chi connectivity index (χ0v) is 17.4. The second-order valence-electron chi connectivity index (χ2n) is 7.24. The van der Waals surface area contributed by atoms with Gasteiger partial charge in [0.15, 0.2) is 23.9 Å². The summed E-state index contributed by atoms with van der Waals surface area (Å²) in [5, 5.41) is 14.0. The van der Waals surface area contributed by atoms with Gasteiger partial charge in [0.1, 0.15) is 5.82 Å². The highest BCUT2D eigenvalue weighted by Gasteiger charge is 2.33. The number of H-pyrrole nitrogens is 1. The quantitative estimate of drug-likeness (QED) is 0.423. The Morgan fingerprint density at radius 1 is 1.23 bits per heavy atom. The van der Waals surface area contributed by atoms with Gasteiger partial charge in [0, 0.05) is 12.6 Å². The lowest BCUT2D eigenvalue weighted by atomic mass is 10.1. The summed E-state index contributed by atoms with van der Waals surface area (Å²) in [6, 6.07) is 14.9. The van der Waals surface area contributed by atoms with Crippen LogP contribution in [0.5, 0.6) is 0 Å². The largest absolute Gasteiger partial charge is 0.389 e. The Morgan fingerprint density at radius 3 is 2.68 bits per heavy atom. The van der Waals surface area contributed by atoms with Crippen LogP contribution in [0, 0.1) is 0 Å². The topological polar surface area (TPSA) is 116 Å². The summed E-state index contributed by atoms with van der Waals surface area (Å²) in [4.78, 5) is 22.3. The van der Waals surface area contributed by atoms with Crippen LogP contribution in [0.25, 0.3) is 0 Å². The molecule has 1 saturated heterocycles. The van der Waals surface area contributed by atoms with Crippen molar-refractivity contribution in [3.05, 3.63) is 65.6 Å². The van der Waals surface area contributed by atoms with E-state index >= 15 is 0 Å². The summed E-state index contributed by atoms with van der Waals surface area (Å²) in [7, 11) is 1.84. The van der Waals surface area contributed by atoms with E-state index in [0.29, 0.717) is 36.3 Å². The maximum Gasteiger partial charge on any atom is 0.230 e. The fourth-order valence-corrected chi connectivity index (χ4v) is 3.16. The molecule has 1 aliphatic heterocycles. The minimum Gasteiger partial charge on any atom is -0.389 e. The van der Waals surface area contributed by atoms with Crippen LogP contribution in [0.15, 0.2) is 53.7 Å². The van der Waals surface area contributed by atoms with Crippen molar-refractivity contribution in [3.8, 4) is 0 Å². The van der Waals surface area contributed by atoms with E-state index in [1.54, 1.807) is 29.8 Å². The maximum atomic E-state index is 12.3. The minimum atomic E-state index is -0.889. The summed E-state index contributed by atoms with van der Waals surface area (Å²) in [5.41, 5.74) is 2.11. The van der Waals surface area contributed by atoms with Gasteiger partial charge in [-0.3, -0.25) is 9.48 Å². The zero-order chi connectivity index (χ0) is 21.7. The second-order valence-corrected chi connectivity index (χ2v) is 7.24. The molecule has 1 aromatic carbocycles. The first-order chi connectivity index (χ1) is 15.0. The number of aryl methyl sites for hydroxylation is 1. The molecule has 3 heterocycles. The first-order valence-electron chi connectivity index (χ1n) is 9.89. The van der Waals surface area contributed by atoms with Gasteiger partial charge in [-0.05, 0) is 19.1 Å². The molecule has 0 bridgehead atoms. The number of anilines is 1. The number of pyridine rings is 1. The van der Waals surface area contributed by atoms with Crippen molar-refractivity contribution in [2.45, 2.75) is 25.7 Å². The smallest absolute Gasteiger partial charge is 0.230 e. The third-order valence-electron chi connectivity index (χ3n) is 4.70. The Morgan fingerprint density at radius 2 is 2.00 bits per heavy atom. The van der Waals surface area contributed by atoms with Crippen LogP contribution in [-0.4, -0.2) is 50.6 Å². The lowest BCUT2D eigenvalue weighted by Gasteiger charge is -2.21. The molecule has 0 spiro atoms. The fourth-order valence-electron chi connectivity index (χ4n) is 3.16. The monoisotopic (exact) mass is 424 g/mol. The molecule has 2 aromatic heterocycles. The van der Waals surface area contributed by atoms with Crippen molar-refractivity contribution < 1.29 is 19.1 Å². The van der Waals surface area contributed by atoms with Crippen LogP contribution in [0.3, 0.4) is 0 Å². The molecule has 10 nitrogen and oxygen atoms in total. The SMILES string of the molecule is Cn1[nH]nc1/C(=N\OCc1cccc(NC(=O)CC2(C)OCCO2)n1)c1ccccc1. The summed E-state index contributed by atoms with van der Waals surface area (Å²) in [5.74, 6) is -0.0326. The lowest BCUT2D eigenvalue weighted by molar-refractivity contribution is -0.156. The lowest BCUT2D eigenvalue weighted by Crippen LogP contribution is -2.32. The Hall–Kier alpha value is -3.50. The molecule has 3 aromatic rings. The van der Waals surface area contributed by atoms with Gasteiger partial charge < -0.3 is 19.6 Å². The number of carbonyl (C=O) groups excluding carboxylic acids is 1. The van der Waals surface area contributed by atoms with E-state index in [2.05, 4.69) is 25.8 Å². The summed E-state index contributed by atoms with van der Waals surface area (Å²) >= 11 is 0. The molecule has 4 rings (SSSR count). The van der Waals surface area contributed by atoms with E-state index in [1.165, 1.54) is 0 Å². The number of oxime groups is 1. The highest BCUT2D eigenvalue weighted by atomic mass is 16.7.